The highest BCUT2D eigenvalue weighted by molar-refractivity contribution is 6.37. The summed E-state index contributed by atoms with van der Waals surface area (Å²) in [5.41, 5.74) is -0.684. The smallest absolute Gasteiger partial charge is 0.416 e. The summed E-state index contributed by atoms with van der Waals surface area (Å²) in [6.07, 6.45) is -4.62. The fourth-order valence-corrected chi connectivity index (χ4v) is 3.31. The molecule has 0 saturated carbocycles. The molecule has 0 spiro atoms. The van der Waals surface area contributed by atoms with E-state index in [1.165, 1.54) is 48.3 Å². The number of carbonyl (C=O) groups is 1. The largest absolute Gasteiger partial charge is 0.484 e. The summed E-state index contributed by atoms with van der Waals surface area (Å²) in [7, 11) is 1.49. The molecule has 0 N–H and O–H groups in total. The van der Waals surface area contributed by atoms with Crippen LogP contribution in [0.5, 0.6) is 17.2 Å². The van der Waals surface area contributed by atoms with Crippen LogP contribution in [-0.4, -0.2) is 24.5 Å². The van der Waals surface area contributed by atoms with Crippen LogP contribution < -0.4 is 14.4 Å². The predicted molar refractivity (Wildman–Crippen MR) is 120 cm³/mol. The number of nitro benzene ring substituents is 1. The number of ether oxygens (including phenoxy) is 2. The molecule has 1 amide bonds. The first kappa shape index (κ1) is 25.1. The molecule has 0 aliphatic rings. The average Bonchev–Trinajstić information content (AvgIpc) is 2.79. The summed E-state index contributed by atoms with van der Waals surface area (Å²) < 4.78 is 49.7. The first-order valence-electron chi connectivity index (χ1n) is 9.43. The molecule has 3 rings (SSSR count). The van der Waals surface area contributed by atoms with Gasteiger partial charge in [-0.2, -0.15) is 13.2 Å². The van der Waals surface area contributed by atoms with Crippen LogP contribution >= 0.6 is 23.2 Å². The molecule has 0 heterocycles. The maximum Gasteiger partial charge on any atom is 0.416 e. The van der Waals surface area contributed by atoms with E-state index in [0.29, 0.717) is 17.8 Å². The third kappa shape index (κ3) is 6.09. The van der Waals surface area contributed by atoms with Gasteiger partial charge in [0.1, 0.15) is 11.5 Å². The number of amides is 1. The molecule has 0 unspecified atom stereocenters. The molecule has 0 saturated heterocycles. The zero-order valence-corrected chi connectivity index (χ0v) is 18.8. The van der Waals surface area contributed by atoms with E-state index in [0.717, 1.165) is 0 Å². The molecule has 3 aromatic carbocycles. The molecule has 3 aromatic rings. The predicted octanol–water partition coefficient (Wildman–Crippen LogP) is 6.75. The van der Waals surface area contributed by atoms with Gasteiger partial charge in [0, 0.05) is 30.9 Å². The molecule has 0 radical (unpaired) electrons. The number of alkyl halides is 3. The van der Waals surface area contributed by atoms with Gasteiger partial charge in [0.2, 0.25) is 0 Å². The van der Waals surface area contributed by atoms with Crippen LogP contribution in [-0.2, 0) is 11.0 Å². The van der Waals surface area contributed by atoms with E-state index in [-0.39, 0.29) is 39.6 Å². The minimum Gasteiger partial charge on any atom is -0.484 e. The quantitative estimate of drug-likeness (QED) is 0.257. The Bertz CT molecular complexity index is 1200. The normalized spacial score (nSPS) is 11.1. The van der Waals surface area contributed by atoms with Crippen molar-refractivity contribution >= 4 is 40.5 Å². The lowest BCUT2D eigenvalue weighted by Gasteiger charge is -2.18. The molecule has 0 bridgehead atoms. The lowest BCUT2D eigenvalue weighted by molar-refractivity contribution is -0.384. The van der Waals surface area contributed by atoms with Crippen molar-refractivity contribution in [1.29, 1.82) is 0 Å². The molecular weight excluding hydrogens is 500 g/mol. The Morgan fingerprint density at radius 3 is 2.18 bits per heavy atom. The van der Waals surface area contributed by atoms with Gasteiger partial charge in [-0.05, 0) is 36.4 Å². The van der Waals surface area contributed by atoms with Crippen LogP contribution in [0, 0.1) is 10.1 Å². The summed E-state index contributed by atoms with van der Waals surface area (Å²) in [4.78, 5) is 23.9. The Balaban J connectivity index is 1.67. The van der Waals surface area contributed by atoms with Crippen molar-refractivity contribution in [3.8, 4) is 17.2 Å². The number of likely N-dealkylation sites (N-methyl/N-ethyl adjacent to an activating group) is 1. The minimum atomic E-state index is -4.62. The number of nitrogens with zero attached hydrogens (tertiary/aromatic N) is 2. The van der Waals surface area contributed by atoms with Gasteiger partial charge in [0.15, 0.2) is 12.4 Å². The van der Waals surface area contributed by atoms with Gasteiger partial charge in [-0.25, -0.2) is 0 Å². The lowest BCUT2D eigenvalue weighted by Crippen LogP contribution is -2.31. The number of rotatable bonds is 7. The van der Waals surface area contributed by atoms with Crippen LogP contribution in [0.15, 0.2) is 60.7 Å². The fraction of sp³-hybridized carbons (Fsp3) is 0.136. The monoisotopic (exact) mass is 514 g/mol. The highest BCUT2D eigenvalue weighted by Gasteiger charge is 2.32. The third-order valence-corrected chi connectivity index (χ3v) is 5.10. The van der Waals surface area contributed by atoms with Crippen LogP contribution in [0.4, 0.5) is 24.5 Å². The Morgan fingerprint density at radius 1 is 1.03 bits per heavy atom. The Hall–Kier alpha value is -3.50. The summed E-state index contributed by atoms with van der Waals surface area (Å²) >= 11 is 11.9. The van der Waals surface area contributed by atoms with E-state index in [9.17, 15) is 28.1 Å². The van der Waals surface area contributed by atoms with Crippen LogP contribution in [0.2, 0.25) is 10.0 Å². The number of nitro groups is 1. The number of non-ortho nitro benzene ring substituents is 1. The second-order valence-corrected chi connectivity index (χ2v) is 7.67. The Labute approximate surface area is 201 Å². The van der Waals surface area contributed by atoms with E-state index < -0.39 is 22.6 Å². The third-order valence-electron chi connectivity index (χ3n) is 4.54. The second-order valence-electron chi connectivity index (χ2n) is 6.86. The molecule has 0 fully saturated rings. The van der Waals surface area contributed by atoms with Gasteiger partial charge in [-0.3, -0.25) is 14.9 Å². The maximum absolute atomic E-state index is 12.9. The van der Waals surface area contributed by atoms with Crippen molar-refractivity contribution in [2.45, 2.75) is 6.18 Å². The second kappa shape index (κ2) is 10.2. The molecule has 0 aromatic heterocycles. The lowest BCUT2D eigenvalue weighted by atomic mass is 10.2. The topological polar surface area (TPSA) is 81.9 Å². The molecule has 0 atom stereocenters. The molecule has 7 nitrogen and oxygen atoms in total. The molecular formula is C22H15Cl2F3N2O5. The van der Waals surface area contributed by atoms with Gasteiger partial charge in [0.05, 0.1) is 20.5 Å². The highest BCUT2D eigenvalue weighted by atomic mass is 35.5. The number of anilines is 1. The molecule has 178 valence electrons. The molecule has 0 aliphatic carbocycles. The summed E-state index contributed by atoms with van der Waals surface area (Å²) in [6, 6.07) is 12.8. The number of carbonyl (C=O) groups excluding carboxylic acids is 1. The van der Waals surface area contributed by atoms with E-state index in [2.05, 4.69) is 0 Å². The van der Waals surface area contributed by atoms with Gasteiger partial charge in [-0.15, -0.1) is 0 Å². The van der Waals surface area contributed by atoms with Crippen LogP contribution in [0.1, 0.15) is 5.56 Å². The van der Waals surface area contributed by atoms with E-state index in [4.69, 9.17) is 32.7 Å². The number of hydrogen-bond donors (Lipinski definition) is 0. The maximum atomic E-state index is 12.9. The van der Waals surface area contributed by atoms with Crippen LogP contribution in [0.25, 0.3) is 0 Å². The number of halogens is 5. The standard InChI is InChI=1S/C22H15Cl2F3N2O5/c1-28(14-5-7-15(8-6-14)29(31)32)20(30)12-33-16-3-2-4-17(11-16)34-21-18(23)9-13(10-19(21)24)22(25,26)27/h2-11H,12H2,1H3. The van der Waals surface area contributed by atoms with Gasteiger partial charge in [0.25, 0.3) is 11.6 Å². The van der Waals surface area contributed by atoms with Crippen molar-refractivity contribution in [2.75, 3.05) is 18.6 Å². The van der Waals surface area contributed by atoms with Crippen LogP contribution in [0.3, 0.4) is 0 Å². The first-order valence-corrected chi connectivity index (χ1v) is 10.2. The molecule has 34 heavy (non-hydrogen) atoms. The SMILES string of the molecule is CN(C(=O)COc1cccc(Oc2c(Cl)cc(C(F)(F)F)cc2Cl)c1)c1ccc([N+](=O)[O-])cc1. The summed E-state index contributed by atoms with van der Waals surface area (Å²) in [5, 5.41) is 10.1. The zero-order valence-electron chi connectivity index (χ0n) is 17.3. The average molecular weight is 515 g/mol. The van der Waals surface area contributed by atoms with Crippen molar-refractivity contribution in [2.24, 2.45) is 0 Å². The fourth-order valence-electron chi connectivity index (χ4n) is 2.75. The zero-order chi connectivity index (χ0) is 25.0. The van der Waals surface area contributed by atoms with Crippen molar-refractivity contribution in [3.63, 3.8) is 0 Å². The summed E-state index contributed by atoms with van der Waals surface area (Å²) in [5.74, 6) is -0.198. The summed E-state index contributed by atoms with van der Waals surface area (Å²) in [6.45, 7) is -0.362. The van der Waals surface area contributed by atoms with Crippen molar-refractivity contribution in [3.05, 3.63) is 86.4 Å². The van der Waals surface area contributed by atoms with Crippen molar-refractivity contribution < 1.29 is 32.4 Å². The Morgan fingerprint density at radius 2 is 1.62 bits per heavy atom. The van der Waals surface area contributed by atoms with E-state index in [1.807, 2.05) is 0 Å². The van der Waals surface area contributed by atoms with Crippen molar-refractivity contribution in [1.82, 2.24) is 0 Å². The number of benzene rings is 3. The van der Waals surface area contributed by atoms with Gasteiger partial charge < -0.3 is 14.4 Å². The Kier molecular flexibility index (Phi) is 7.53. The highest BCUT2D eigenvalue weighted by Crippen LogP contribution is 2.42. The minimum absolute atomic E-state index is 0.106. The molecule has 0 aliphatic heterocycles. The van der Waals surface area contributed by atoms with E-state index in [1.54, 1.807) is 12.1 Å². The molecule has 12 heteroatoms. The van der Waals surface area contributed by atoms with E-state index >= 15 is 0 Å². The van der Waals surface area contributed by atoms with Gasteiger partial charge >= 0.3 is 6.18 Å². The first-order chi connectivity index (χ1) is 16.0. The van der Waals surface area contributed by atoms with Gasteiger partial charge in [-0.1, -0.05) is 29.3 Å². The number of hydrogen-bond acceptors (Lipinski definition) is 5.